The lowest BCUT2D eigenvalue weighted by molar-refractivity contribution is -0.182. The van der Waals surface area contributed by atoms with E-state index in [2.05, 4.69) is 0 Å². The molecule has 6 aliphatic rings. The van der Waals surface area contributed by atoms with Crippen LogP contribution in [0.15, 0.2) is 11.1 Å². The topological polar surface area (TPSA) is 127 Å². The van der Waals surface area contributed by atoms with E-state index in [1.165, 1.54) is 14.0 Å². The molecule has 6 unspecified atom stereocenters. The molecule has 3 aliphatic carbocycles. The molecule has 34 heavy (non-hydrogen) atoms. The predicted molar refractivity (Wildman–Crippen MR) is 116 cm³/mol. The van der Waals surface area contributed by atoms with Crippen LogP contribution in [-0.4, -0.2) is 71.8 Å². The Morgan fingerprint density at radius 2 is 1.88 bits per heavy atom. The maximum atomic E-state index is 14.4. The number of aliphatic hydroxyl groups is 1. The molecular formula is C25H31NO8. The predicted octanol–water partition coefficient (Wildman–Crippen LogP) is 0.967. The van der Waals surface area contributed by atoms with Crippen LogP contribution >= 0.6 is 0 Å². The van der Waals surface area contributed by atoms with E-state index in [0.717, 1.165) is 0 Å². The van der Waals surface area contributed by atoms with Crippen molar-refractivity contribution in [3.8, 4) is 0 Å². The summed E-state index contributed by atoms with van der Waals surface area (Å²) >= 11 is 0. The zero-order valence-corrected chi connectivity index (χ0v) is 19.8. The number of methoxy groups -OCH3 is 1. The maximum absolute atomic E-state index is 14.4. The fourth-order valence-electron chi connectivity index (χ4n) is 7.82. The van der Waals surface area contributed by atoms with E-state index in [9.17, 15) is 29.1 Å². The summed E-state index contributed by atoms with van der Waals surface area (Å²) in [5.41, 5.74) is -3.33. The van der Waals surface area contributed by atoms with Gasteiger partial charge in [-0.2, -0.15) is 0 Å². The van der Waals surface area contributed by atoms with Gasteiger partial charge < -0.3 is 19.5 Å². The first kappa shape index (κ1) is 23.2. The smallest absolute Gasteiger partial charge is 0.311 e. The minimum Gasteiger partial charge on any atom is -0.469 e. The molecular weight excluding hydrogens is 442 g/mol. The van der Waals surface area contributed by atoms with Gasteiger partial charge in [-0.1, -0.05) is 6.92 Å². The van der Waals surface area contributed by atoms with Crippen molar-refractivity contribution in [3.05, 3.63) is 11.1 Å². The summed E-state index contributed by atoms with van der Waals surface area (Å²) in [6.07, 6.45) is 0.888. The van der Waals surface area contributed by atoms with E-state index in [4.69, 9.17) is 9.47 Å². The van der Waals surface area contributed by atoms with Crippen LogP contribution in [0.5, 0.6) is 0 Å². The SMILES string of the molecule is COC(=O)C1CC23C(=O)N4CC(C)C(=O)CCC2(COC(C)=O)C(CC2=C3C1(O)CCC2=O)C4. The summed E-state index contributed by atoms with van der Waals surface area (Å²) < 4.78 is 10.6. The molecule has 0 aromatic heterocycles. The number of hydrogen-bond acceptors (Lipinski definition) is 8. The summed E-state index contributed by atoms with van der Waals surface area (Å²) in [5, 5.41) is 12.0. The zero-order chi connectivity index (χ0) is 24.6. The van der Waals surface area contributed by atoms with Crippen LogP contribution in [-0.2, 0) is 33.4 Å². The second-order valence-corrected chi connectivity index (χ2v) is 10.8. The normalized spacial score (nSPS) is 41.0. The Morgan fingerprint density at radius 3 is 2.56 bits per heavy atom. The fourth-order valence-corrected chi connectivity index (χ4v) is 7.82. The molecule has 4 bridgehead atoms. The van der Waals surface area contributed by atoms with Gasteiger partial charge >= 0.3 is 11.9 Å². The molecule has 184 valence electrons. The van der Waals surface area contributed by atoms with Crippen LogP contribution in [0.1, 0.15) is 52.4 Å². The lowest BCUT2D eigenvalue weighted by Crippen LogP contribution is -2.68. The van der Waals surface area contributed by atoms with Gasteiger partial charge in [0, 0.05) is 44.2 Å². The number of ether oxygens (including phenoxy) is 2. The summed E-state index contributed by atoms with van der Waals surface area (Å²) in [6, 6.07) is 0. The first-order chi connectivity index (χ1) is 16.0. The van der Waals surface area contributed by atoms with Crippen LogP contribution < -0.4 is 0 Å². The van der Waals surface area contributed by atoms with Gasteiger partial charge in [-0.15, -0.1) is 0 Å². The molecule has 0 radical (unpaired) electrons. The molecule has 3 saturated heterocycles. The number of hydrogen-bond donors (Lipinski definition) is 1. The molecule has 6 atom stereocenters. The van der Waals surface area contributed by atoms with Gasteiger partial charge in [0.25, 0.3) is 0 Å². The number of esters is 2. The molecule has 1 amide bonds. The third-order valence-corrected chi connectivity index (χ3v) is 9.37. The van der Waals surface area contributed by atoms with Crippen molar-refractivity contribution in [2.24, 2.45) is 28.6 Å². The highest BCUT2D eigenvalue weighted by Crippen LogP contribution is 2.72. The lowest BCUT2D eigenvalue weighted by atomic mass is 9.45. The molecule has 0 aromatic carbocycles. The summed E-state index contributed by atoms with van der Waals surface area (Å²) in [4.78, 5) is 67.1. The largest absolute Gasteiger partial charge is 0.469 e. The Bertz CT molecular complexity index is 1050. The van der Waals surface area contributed by atoms with Crippen molar-refractivity contribution >= 4 is 29.4 Å². The number of piperidine rings is 1. The molecule has 4 fully saturated rings. The van der Waals surface area contributed by atoms with Crippen molar-refractivity contribution in [3.63, 3.8) is 0 Å². The summed E-state index contributed by atoms with van der Waals surface area (Å²) in [5.74, 6) is -3.14. The Hall–Kier alpha value is -2.55. The van der Waals surface area contributed by atoms with Gasteiger partial charge in [0.15, 0.2) is 5.78 Å². The second-order valence-electron chi connectivity index (χ2n) is 10.8. The van der Waals surface area contributed by atoms with Crippen molar-refractivity contribution < 1.29 is 38.6 Å². The highest BCUT2D eigenvalue weighted by Gasteiger charge is 2.78. The minimum absolute atomic E-state index is 0.0231. The number of amides is 1. The first-order valence-electron chi connectivity index (χ1n) is 12.0. The Labute approximate surface area is 197 Å². The second kappa shape index (κ2) is 7.47. The standard InChI is InChI=1S/C25H31NO8/c1-13-10-26-11-15-8-16-19(29)5-7-25(32)17(21(30)33-3)9-24(20(16)25,22(26)31)23(15,6-4-18(13)28)12-34-14(2)27/h13,15,17,32H,4-12H2,1-3H3. The van der Waals surface area contributed by atoms with Gasteiger partial charge in [-0.3, -0.25) is 24.0 Å². The maximum Gasteiger partial charge on any atom is 0.311 e. The average molecular weight is 474 g/mol. The third kappa shape index (κ3) is 2.73. The number of rotatable bonds is 3. The molecule has 1 spiro atoms. The molecule has 3 heterocycles. The number of nitrogens with zero attached hydrogens (tertiary/aromatic N) is 1. The monoisotopic (exact) mass is 473 g/mol. The van der Waals surface area contributed by atoms with Crippen LogP contribution in [0.3, 0.4) is 0 Å². The molecule has 1 N–H and O–H groups in total. The molecule has 0 aromatic rings. The van der Waals surface area contributed by atoms with Crippen molar-refractivity contribution in [2.75, 3.05) is 26.8 Å². The Balaban J connectivity index is 1.81. The van der Waals surface area contributed by atoms with E-state index in [0.29, 0.717) is 24.1 Å². The number of fused-ring (bicyclic) bond motifs is 4. The highest BCUT2D eigenvalue weighted by atomic mass is 16.5. The average Bonchev–Trinajstić information content (AvgIpc) is 3.11. The summed E-state index contributed by atoms with van der Waals surface area (Å²) in [7, 11) is 1.24. The molecule has 3 aliphatic heterocycles. The quantitative estimate of drug-likeness (QED) is 0.601. The zero-order valence-electron chi connectivity index (χ0n) is 19.8. The Kier molecular flexibility index (Phi) is 5.10. The molecule has 6 rings (SSSR count). The van der Waals surface area contributed by atoms with Crippen LogP contribution in [0.25, 0.3) is 0 Å². The molecule has 9 nitrogen and oxygen atoms in total. The number of ketones is 2. The van der Waals surface area contributed by atoms with E-state index in [1.807, 2.05) is 0 Å². The van der Waals surface area contributed by atoms with Crippen molar-refractivity contribution in [1.29, 1.82) is 0 Å². The van der Waals surface area contributed by atoms with E-state index in [1.54, 1.807) is 11.8 Å². The van der Waals surface area contributed by atoms with Gasteiger partial charge in [-0.25, -0.2) is 0 Å². The van der Waals surface area contributed by atoms with Crippen LogP contribution in [0.4, 0.5) is 0 Å². The number of Topliss-reactive ketones (excluding diaryl/α,β-unsaturated/α-hetero) is 2. The minimum atomic E-state index is -1.69. The van der Waals surface area contributed by atoms with E-state index < -0.39 is 34.3 Å². The highest BCUT2D eigenvalue weighted by molar-refractivity contribution is 6.03. The molecule has 1 saturated carbocycles. The Morgan fingerprint density at radius 1 is 1.15 bits per heavy atom. The van der Waals surface area contributed by atoms with Crippen LogP contribution in [0.2, 0.25) is 0 Å². The fraction of sp³-hybridized carbons (Fsp3) is 0.720. The van der Waals surface area contributed by atoms with Crippen molar-refractivity contribution in [1.82, 2.24) is 4.90 Å². The number of carbonyl (C=O) groups excluding carboxylic acids is 5. The van der Waals surface area contributed by atoms with Crippen molar-refractivity contribution in [2.45, 2.75) is 58.0 Å². The van der Waals surface area contributed by atoms with E-state index >= 15 is 0 Å². The lowest BCUT2D eigenvalue weighted by Gasteiger charge is -2.62. The van der Waals surface area contributed by atoms with E-state index in [-0.39, 0.29) is 74.6 Å². The first-order valence-corrected chi connectivity index (χ1v) is 12.0. The third-order valence-electron chi connectivity index (χ3n) is 9.37. The number of allylic oxidation sites excluding steroid dienone is 1. The van der Waals surface area contributed by atoms with Gasteiger partial charge in [0.1, 0.15) is 11.4 Å². The summed E-state index contributed by atoms with van der Waals surface area (Å²) in [6.45, 7) is 3.57. The number of carbonyl (C=O) groups is 5. The molecule has 9 heteroatoms. The van der Waals surface area contributed by atoms with Crippen LogP contribution in [0, 0.1) is 28.6 Å². The van der Waals surface area contributed by atoms with Gasteiger partial charge in [0.05, 0.1) is 25.0 Å². The van der Waals surface area contributed by atoms with Gasteiger partial charge in [-0.05, 0) is 42.7 Å². The van der Waals surface area contributed by atoms with Gasteiger partial charge in [0.2, 0.25) is 5.91 Å².